The van der Waals surface area contributed by atoms with Gasteiger partial charge in [-0.1, -0.05) is 27.7 Å². The Hall–Kier alpha value is -0.790. The van der Waals surface area contributed by atoms with Gasteiger partial charge in [0.2, 0.25) is 0 Å². The molecule has 0 fully saturated rings. The Morgan fingerprint density at radius 3 is 2.69 bits per heavy atom. The van der Waals surface area contributed by atoms with E-state index in [0.717, 1.165) is 19.5 Å². The van der Waals surface area contributed by atoms with Crippen molar-refractivity contribution in [3.8, 4) is 0 Å². The molecule has 0 unspecified atom stereocenters. The smallest absolute Gasteiger partial charge is 0.107 e. The highest BCUT2D eigenvalue weighted by Gasteiger charge is 2.22. The molecule has 1 aliphatic heterocycles. The molecule has 1 rings (SSSR count). The molecule has 0 aliphatic carbocycles. The summed E-state index contributed by atoms with van der Waals surface area (Å²) in [6, 6.07) is 0. The van der Waals surface area contributed by atoms with Crippen LogP contribution in [0.4, 0.5) is 0 Å². The first-order valence-electron chi connectivity index (χ1n) is 5.09. The Morgan fingerprint density at radius 2 is 2.15 bits per heavy atom. The van der Waals surface area contributed by atoms with Crippen LogP contribution in [0.5, 0.6) is 0 Å². The van der Waals surface area contributed by atoms with Gasteiger partial charge < -0.3 is 5.32 Å². The van der Waals surface area contributed by atoms with E-state index in [-0.39, 0.29) is 5.41 Å². The molecule has 2 heteroatoms. The lowest BCUT2D eigenvalue weighted by molar-refractivity contribution is 0.499. The fourth-order valence-corrected chi connectivity index (χ4v) is 1.31. The molecule has 0 radical (unpaired) electrons. The molecule has 0 aromatic carbocycles. The molecule has 1 N–H and O–H groups in total. The predicted octanol–water partition coefficient (Wildman–Crippen LogP) is 2.72. The minimum atomic E-state index is 0.225. The standard InChI is InChI=1S/C11H20N2/c1-5-9-7-10(13-8-12-9)11(3,4)6-2/h7,12H,5-6,8H2,1-4H3. The molecule has 0 amide bonds. The van der Waals surface area contributed by atoms with Gasteiger partial charge in [-0.05, 0) is 18.9 Å². The van der Waals surface area contributed by atoms with Gasteiger partial charge in [0.05, 0.1) is 0 Å². The molecular formula is C11H20N2. The van der Waals surface area contributed by atoms with E-state index in [1.54, 1.807) is 0 Å². The summed E-state index contributed by atoms with van der Waals surface area (Å²) in [5, 5.41) is 3.27. The molecular weight excluding hydrogens is 160 g/mol. The van der Waals surface area contributed by atoms with E-state index in [0.29, 0.717) is 0 Å². The van der Waals surface area contributed by atoms with Gasteiger partial charge in [0.15, 0.2) is 0 Å². The second kappa shape index (κ2) is 3.95. The summed E-state index contributed by atoms with van der Waals surface area (Å²) in [5.41, 5.74) is 2.78. The molecule has 13 heavy (non-hydrogen) atoms. The lowest BCUT2D eigenvalue weighted by Crippen LogP contribution is -2.29. The molecule has 1 heterocycles. The number of aliphatic imine (C=N–C) groups is 1. The predicted molar refractivity (Wildman–Crippen MR) is 57.9 cm³/mol. The maximum absolute atomic E-state index is 4.50. The molecule has 0 aromatic rings. The molecule has 1 aliphatic rings. The van der Waals surface area contributed by atoms with Crippen LogP contribution in [0.3, 0.4) is 0 Å². The van der Waals surface area contributed by atoms with E-state index >= 15 is 0 Å². The number of rotatable bonds is 3. The van der Waals surface area contributed by atoms with Crippen molar-refractivity contribution in [2.45, 2.75) is 40.5 Å². The van der Waals surface area contributed by atoms with Gasteiger partial charge in [0.1, 0.15) is 6.67 Å². The lowest BCUT2D eigenvalue weighted by Gasteiger charge is -2.26. The largest absolute Gasteiger partial charge is 0.370 e. The Morgan fingerprint density at radius 1 is 1.46 bits per heavy atom. The van der Waals surface area contributed by atoms with Crippen LogP contribution in [0.25, 0.3) is 0 Å². The van der Waals surface area contributed by atoms with E-state index in [1.165, 1.54) is 11.4 Å². The zero-order chi connectivity index (χ0) is 9.90. The molecule has 2 nitrogen and oxygen atoms in total. The first kappa shape index (κ1) is 10.3. The zero-order valence-corrected chi connectivity index (χ0v) is 9.15. The summed E-state index contributed by atoms with van der Waals surface area (Å²) in [7, 11) is 0. The van der Waals surface area contributed by atoms with Crippen LogP contribution in [0.2, 0.25) is 0 Å². The minimum absolute atomic E-state index is 0.225. The highest BCUT2D eigenvalue weighted by Crippen LogP contribution is 2.24. The molecule has 0 atom stereocenters. The van der Waals surface area contributed by atoms with Crippen LogP contribution in [-0.2, 0) is 0 Å². The van der Waals surface area contributed by atoms with Crippen LogP contribution < -0.4 is 5.32 Å². The lowest BCUT2D eigenvalue weighted by atomic mass is 9.83. The third-order valence-corrected chi connectivity index (χ3v) is 2.82. The second-order valence-electron chi connectivity index (χ2n) is 4.14. The highest BCUT2D eigenvalue weighted by molar-refractivity contribution is 6.00. The van der Waals surface area contributed by atoms with Crippen LogP contribution >= 0.6 is 0 Å². The van der Waals surface area contributed by atoms with Gasteiger partial charge in [-0.15, -0.1) is 0 Å². The Balaban J connectivity index is 2.82. The average molecular weight is 180 g/mol. The number of nitrogens with one attached hydrogen (secondary N) is 1. The molecule has 0 saturated carbocycles. The SMILES string of the molecule is CCC1=CC(C(C)(C)CC)=NCN1. The van der Waals surface area contributed by atoms with E-state index < -0.39 is 0 Å². The van der Waals surface area contributed by atoms with Crippen molar-refractivity contribution in [1.82, 2.24) is 5.32 Å². The van der Waals surface area contributed by atoms with E-state index in [1.807, 2.05) is 0 Å². The van der Waals surface area contributed by atoms with Gasteiger partial charge in [0, 0.05) is 16.8 Å². The Kier molecular flexibility index (Phi) is 3.12. The summed E-state index contributed by atoms with van der Waals surface area (Å²) in [5.74, 6) is 0. The van der Waals surface area contributed by atoms with Crippen molar-refractivity contribution in [3.63, 3.8) is 0 Å². The van der Waals surface area contributed by atoms with Gasteiger partial charge in [-0.25, -0.2) is 0 Å². The first-order valence-corrected chi connectivity index (χ1v) is 5.09. The van der Waals surface area contributed by atoms with Gasteiger partial charge in [0.25, 0.3) is 0 Å². The monoisotopic (exact) mass is 180 g/mol. The van der Waals surface area contributed by atoms with E-state index in [2.05, 4.69) is 44.1 Å². The summed E-state index contributed by atoms with van der Waals surface area (Å²) in [6.45, 7) is 9.63. The number of nitrogens with zero attached hydrogens (tertiary/aromatic N) is 1. The van der Waals surface area contributed by atoms with Gasteiger partial charge in [-0.3, -0.25) is 4.99 Å². The van der Waals surface area contributed by atoms with Crippen molar-refractivity contribution < 1.29 is 0 Å². The third-order valence-electron chi connectivity index (χ3n) is 2.82. The minimum Gasteiger partial charge on any atom is -0.370 e. The van der Waals surface area contributed by atoms with Crippen molar-refractivity contribution in [2.24, 2.45) is 10.4 Å². The number of hydrogen-bond acceptors (Lipinski definition) is 2. The van der Waals surface area contributed by atoms with E-state index in [9.17, 15) is 0 Å². The van der Waals surface area contributed by atoms with E-state index in [4.69, 9.17) is 0 Å². The molecule has 0 aromatic heterocycles. The molecule has 74 valence electrons. The molecule has 0 saturated heterocycles. The van der Waals surface area contributed by atoms with Crippen LogP contribution in [-0.4, -0.2) is 12.4 Å². The molecule has 0 bridgehead atoms. The first-order chi connectivity index (χ1) is 6.10. The summed E-state index contributed by atoms with van der Waals surface area (Å²) < 4.78 is 0. The number of allylic oxidation sites excluding steroid dienone is 2. The second-order valence-corrected chi connectivity index (χ2v) is 4.14. The fourth-order valence-electron chi connectivity index (χ4n) is 1.31. The Bertz CT molecular complexity index is 236. The zero-order valence-electron chi connectivity index (χ0n) is 9.15. The van der Waals surface area contributed by atoms with Gasteiger partial charge >= 0.3 is 0 Å². The van der Waals surface area contributed by atoms with Crippen molar-refractivity contribution >= 4 is 5.71 Å². The van der Waals surface area contributed by atoms with Crippen LogP contribution in [0, 0.1) is 5.41 Å². The molecule has 0 spiro atoms. The summed E-state index contributed by atoms with van der Waals surface area (Å²) in [4.78, 5) is 4.50. The van der Waals surface area contributed by atoms with Crippen molar-refractivity contribution in [1.29, 1.82) is 0 Å². The summed E-state index contributed by atoms with van der Waals surface area (Å²) in [6.07, 6.45) is 4.41. The highest BCUT2D eigenvalue weighted by atomic mass is 15.0. The maximum Gasteiger partial charge on any atom is 0.107 e. The van der Waals surface area contributed by atoms with Crippen molar-refractivity contribution in [2.75, 3.05) is 6.67 Å². The fraction of sp³-hybridized carbons (Fsp3) is 0.727. The number of hydrogen-bond donors (Lipinski definition) is 1. The third kappa shape index (κ3) is 2.33. The normalized spacial score (nSPS) is 17.5. The summed E-state index contributed by atoms with van der Waals surface area (Å²) >= 11 is 0. The van der Waals surface area contributed by atoms with Crippen LogP contribution in [0.15, 0.2) is 16.8 Å². The topological polar surface area (TPSA) is 24.4 Å². The average Bonchev–Trinajstić information content (AvgIpc) is 2.18. The maximum atomic E-state index is 4.50. The Labute approximate surface area is 81.1 Å². The quantitative estimate of drug-likeness (QED) is 0.709. The van der Waals surface area contributed by atoms with Crippen molar-refractivity contribution in [3.05, 3.63) is 11.8 Å². The van der Waals surface area contributed by atoms with Crippen LogP contribution in [0.1, 0.15) is 40.5 Å². The van der Waals surface area contributed by atoms with Gasteiger partial charge in [-0.2, -0.15) is 0 Å².